The van der Waals surface area contributed by atoms with E-state index >= 15 is 0 Å². The van der Waals surface area contributed by atoms with Crippen LogP contribution in [0.15, 0.2) is 72.8 Å². The third-order valence-electron chi connectivity index (χ3n) is 10.3. The summed E-state index contributed by atoms with van der Waals surface area (Å²) in [6, 6.07) is 21.8. The Labute approximate surface area is 318 Å². The Balaban J connectivity index is 0.000000208. The molecule has 0 fully saturated rings. The average Bonchev–Trinajstić information content (AvgIpc) is 3.38. The molecule has 280 valence electrons. The van der Waals surface area contributed by atoms with Gasteiger partial charge in [0, 0.05) is 0 Å². The second-order valence-corrected chi connectivity index (χ2v) is 13.6. The number of aryl methyl sites for hydroxylation is 4. The minimum Gasteiger partial charge on any atom is -0.429 e. The molecular formula is C42H42N2O9S. The van der Waals surface area contributed by atoms with Crippen LogP contribution in [-0.2, 0) is 60.5 Å². The van der Waals surface area contributed by atoms with Crippen LogP contribution in [0.4, 0.5) is 0 Å². The molecule has 11 nitrogen and oxygen atoms in total. The second kappa shape index (κ2) is 17.3. The van der Waals surface area contributed by atoms with Crippen molar-refractivity contribution < 1.29 is 42.9 Å². The molecule has 0 bridgehead atoms. The molecule has 0 atom stereocenters. The van der Waals surface area contributed by atoms with Crippen molar-refractivity contribution in [3.05, 3.63) is 117 Å². The van der Waals surface area contributed by atoms with Crippen LogP contribution in [0.1, 0.15) is 84.0 Å². The lowest BCUT2D eigenvalue weighted by Crippen LogP contribution is -2.43. The van der Waals surface area contributed by atoms with Crippen LogP contribution >= 0.6 is 12.2 Å². The Morgan fingerprint density at radius 2 is 0.833 bits per heavy atom. The Kier molecular flexibility index (Phi) is 12.6. The van der Waals surface area contributed by atoms with E-state index in [9.17, 15) is 24.0 Å². The summed E-state index contributed by atoms with van der Waals surface area (Å²) in [7, 11) is 0. The van der Waals surface area contributed by atoms with Crippen molar-refractivity contribution in [3.8, 4) is 23.0 Å². The number of benzene rings is 4. The number of amides is 1. The van der Waals surface area contributed by atoms with Gasteiger partial charge in [-0.15, -0.1) is 0 Å². The summed E-state index contributed by atoms with van der Waals surface area (Å²) in [5.74, 6) is 1.41. The fourth-order valence-electron chi connectivity index (χ4n) is 8.18. The van der Waals surface area contributed by atoms with E-state index < -0.39 is 16.7 Å². The van der Waals surface area contributed by atoms with E-state index in [1.165, 1.54) is 0 Å². The maximum absolute atomic E-state index is 12.8. The molecule has 0 unspecified atom stereocenters. The summed E-state index contributed by atoms with van der Waals surface area (Å²) >= 11 is 5.58. The second-order valence-electron chi connectivity index (χ2n) is 13.2. The minimum absolute atomic E-state index is 0.379. The quantitative estimate of drug-likeness (QED) is 0.120. The number of rotatable bonds is 14. The number of carbonyl (C=O) groups excluding carboxylic acids is 5. The molecule has 4 aromatic rings. The van der Waals surface area contributed by atoms with Gasteiger partial charge in [0.1, 0.15) is 23.0 Å². The van der Waals surface area contributed by atoms with E-state index in [0.717, 1.165) is 76.6 Å². The molecule has 0 saturated heterocycles. The van der Waals surface area contributed by atoms with Gasteiger partial charge in [0.25, 0.3) is 25.9 Å². The smallest absolute Gasteiger partial charge is 0.298 e. The third kappa shape index (κ3) is 7.47. The van der Waals surface area contributed by atoms with E-state index in [0.29, 0.717) is 73.1 Å². The number of hydrogen-bond donors (Lipinski definition) is 2. The summed E-state index contributed by atoms with van der Waals surface area (Å²) in [5.41, 5.74) is 18.4. The van der Waals surface area contributed by atoms with Gasteiger partial charge in [-0.05, 0) is 132 Å². The lowest BCUT2D eigenvalue weighted by atomic mass is 9.69. The highest BCUT2D eigenvalue weighted by Crippen LogP contribution is 2.46. The first-order valence-corrected chi connectivity index (χ1v) is 18.1. The number of ether oxygens (including phenoxy) is 4. The van der Waals surface area contributed by atoms with Crippen LogP contribution in [0.25, 0.3) is 0 Å². The van der Waals surface area contributed by atoms with Crippen molar-refractivity contribution in [1.29, 1.82) is 0 Å². The number of primary amides is 1. The molecule has 54 heavy (non-hydrogen) atoms. The largest absolute Gasteiger partial charge is 0.429 e. The monoisotopic (exact) mass is 750 g/mol. The highest BCUT2D eigenvalue weighted by Gasteiger charge is 2.44. The third-order valence-corrected chi connectivity index (χ3v) is 10.6. The van der Waals surface area contributed by atoms with Gasteiger partial charge in [-0.1, -0.05) is 63.2 Å². The fourth-order valence-corrected chi connectivity index (χ4v) is 8.51. The molecule has 0 aromatic heterocycles. The number of nitrogens with two attached hydrogens (primary N) is 2. The number of carbonyl (C=O) groups is 5. The normalized spacial score (nSPS) is 14.3. The average molecular weight is 751 g/mol. The maximum Gasteiger partial charge on any atom is 0.298 e. The van der Waals surface area contributed by atoms with Crippen molar-refractivity contribution in [1.82, 2.24) is 0 Å². The number of fused-ring (bicyclic) bond motifs is 4. The van der Waals surface area contributed by atoms with Crippen LogP contribution in [0.3, 0.4) is 0 Å². The van der Waals surface area contributed by atoms with Crippen molar-refractivity contribution >= 4 is 49.0 Å². The van der Waals surface area contributed by atoms with E-state index in [-0.39, 0.29) is 0 Å². The molecule has 4 aromatic carbocycles. The molecule has 6 rings (SSSR count). The molecular weight excluding hydrogens is 709 g/mol. The van der Waals surface area contributed by atoms with Crippen LogP contribution in [0.5, 0.6) is 23.0 Å². The van der Waals surface area contributed by atoms with E-state index in [1.54, 1.807) is 36.4 Å². The van der Waals surface area contributed by atoms with Crippen LogP contribution in [0, 0.1) is 0 Å². The first kappa shape index (κ1) is 39.3. The summed E-state index contributed by atoms with van der Waals surface area (Å²) in [5, 5.41) is 0. The Morgan fingerprint density at radius 3 is 1.07 bits per heavy atom. The topological polar surface area (TPSA) is 174 Å². The van der Waals surface area contributed by atoms with E-state index in [4.69, 9.17) is 42.6 Å². The zero-order chi connectivity index (χ0) is 38.9. The van der Waals surface area contributed by atoms with Crippen molar-refractivity contribution in [2.75, 3.05) is 0 Å². The number of thiocarbonyl (C=S) groups is 1. The van der Waals surface area contributed by atoms with Gasteiger partial charge in [0.05, 0.1) is 15.8 Å². The van der Waals surface area contributed by atoms with Crippen molar-refractivity contribution in [3.63, 3.8) is 0 Å². The lowest BCUT2D eigenvalue weighted by Gasteiger charge is -2.35. The molecule has 0 radical (unpaired) electrons. The summed E-state index contributed by atoms with van der Waals surface area (Å²) in [6.07, 6.45) is 5.68. The predicted octanol–water partition coefficient (Wildman–Crippen LogP) is 5.66. The Morgan fingerprint density at radius 1 is 0.556 bits per heavy atom. The highest BCUT2D eigenvalue weighted by molar-refractivity contribution is 7.80. The fraction of sp³-hybridized carbons (Fsp3) is 0.286. The zero-order valence-electron chi connectivity index (χ0n) is 30.1. The minimum atomic E-state index is -0.991. The first-order valence-electron chi connectivity index (χ1n) is 17.7. The molecule has 0 saturated carbocycles. The standard InChI is InChI=1S/C21H21NO5.C21H21NO4S/c1-2-9-21(20(22)25)18-7-5-16(26-12-23)10-14(18)3-4-15-11-17(27-13-24)6-8-19(15)21;1-2-9-21(20(22)27)18-7-5-16(25-12-23)10-14(18)3-4-15-11-17(26-13-24)6-8-19(15)21/h5-8,10-13H,2-4,9H2,1H3,(H2,22,25);5-8,10-13H,2-4,9H2,1H3,(H2,22,27). The Hall–Kier alpha value is -5.88. The van der Waals surface area contributed by atoms with Gasteiger partial charge in [-0.2, -0.15) is 0 Å². The van der Waals surface area contributed by atoms with Crippen LogP contribution in [0.2, 0.25) is 0 Å². The molecule has 0 spiro atoms. The van der Waals surface area contributed by atoms with Gasteiger partial charge in [0.15, 0.2) is 0 Å². The molecule has 12 heteroatoms. The highest BCUT2D eigenvalue weighted by atomic mass is 32.1. The molecule has 4 N–H and O–H groups in total. The molecule has 2 aliphatic carbocycles. The van der Waals surface area contributed by atoms with Gasteiger partial charge < -0.3 is 30.4 Å². The van der Waals surface area contributed by atoms with Gasteiger partial charge >= 0.3 is 0 Å². The lowest BCUT2D eigenvalue weighted by molar-refractivity contribution is -0.123. The summed E-state index contributed by atoms with van der Waals surface area (Å²) in [4.78, 5) is 56.0. The van der Waals surface area contributed by atoms with Crippen LogP contribution in [-0.4, -0.2) is 36.8 Å². The van der Waals surface area contributed by atoms with Gasteiger partial charge in [0.2, 0.25) is 5.91 Å². The number of hydrogen-bond acceptors (Lipinski definition) is 10. The molecule has 0 heterocycles. The SMILES string of the molecule is CCCC1(C(N)=O)c2ccc(OC=O)cc2CCc2cc(OC=O)ccc21.CCCC1(C(N)=S)c2ccc(OC=O)cc2CCc2cc(OC=O)ccc21. The summed E-state index contributed by atoms with van der Waals surface area (Å²) in [6.45, 7) is 5.69. The molecule has 2 aliphatic rings. The van der Waals surface area contributed by atoms with Gasteiger partial charge in [-0.25, -0.2) is 0 Å². The van der Waals surface area contributed by atoms with E-state index in [2.05, 4.69) is 6.92 Å². The van der Waals surface area contributed by atoms with E-state index in [1.807, 2.05) is 43.3 Å². The maximum atomic E-state index is 12.8. The predicted molar refractivity (Wildman–Crippen MR) is 205 cm³/mol. The Bertz CT molecular complexity index is 1810. The van der Waals surface area contributed by atoms with Crippen molar-refractivity contribution in [2.24, 2.45) is 11.5 Å². The zero-order valence-corrected chi connectivity index (χ0v) is 30.9. The molecule has 1 amide bonds. The first-order chi connectivity index (χ1) is 26.1. The van der Waals surface area contributed by atoms with Gasteiger partial charge in [-0.3, -0.25) is 24.0 Å². The van der Waals surface area contributed by atoms with Crippen molar-refractivity contribution in [2.45, 2.75) is 76.0 Å². The molecule has 0 aliphatic heterocycles. The summed E-state index contributed by atoms with van der Waals surface area (Å²) < 4.78 is 20.0. The van der Waals surface area contributed by atoms with Crippen LogP contribution < -0.4 is 30.4 Å².